The molecule has 2 aromatic carbocycles. The minimum atomic E-state index is 0.701. The van der Waals surface area contributed by atoms with Gasteiger partial charge >= 0.3 is 0 Å². The van der Waals surface area contributed by atoms with Crippen molar-refractivity contribution in [1.82, 2.24) is 9.80 Å². The van der Waals surface area contributed by atoms with E-state index in [1.54, 1.807) is 0 Å². The number of para-hydroxylation sites is 1. The van der Waals surface area contributed by atoms with Gasteiger partial charge in [0.2, 0.25) is 0 Å². The number of rotatable bonds is 10. The number of ether oxygens (including phenoxy) is 4. The first-order chi connectivity index (χ1) is 15.4. The van der Waals surface area contributed by atoms with Gasteiger partial charge in [-0.25, -0.2) is 0 Å². The molecule has 2 heterocycles. The zero-order chi connectivity index (χ0) is 21.1. The van der Waals surface area contributed by atoms with Gasteiger partial charge < -0.3 is 18.9 Å². The quantitative estimate of drug-likeness (QED) is 0.582. The van der Waals surface area contributed by atoms with E-state index in [2.05, 4.69) is 52.3 Å². The van der Waals surface area contributed by atoms with E-state index in [-0.39, 0.29) is 0 Å². The molecule has 6 nitrogen and oxygen atoms in total. The van der Waals surface area contributed by atoms with E-state index in [4.69, 9.17) is 18.9 Å². The normalized spacial score (nSPS) is 18.1. The predicted octanol–water partition coefficient (Wildman–Crippen LogP) is 2.70. The van der Waals surface area contributed by atoms with Crippen LogP contribution in [-0.2, 0) is 15.9 Å². The van der Waals surface area contributed by atoms with E-state index in [1.807, 2.05) is 6.07 Å². The van der Waals surface area contributed by atoms with Crippen LogP contribution >= 0.6 is 0 Å². The van der Waals surface area contributed by atoms with Gasteiger partial charge in [0, 0.05) is 45.7 Å². The van der Waals surface area contributed by atoms with Gasteiger partial charge in [0.05, 0.1) is 26.4 Å². The minimum absolute atomic E-state index is 0.701. The molecule has 0 aliphatic carbocycles. The van der Waals surface area contributed by atoms with E-state index in [0.29, 0.717) is 13.2 Å². The summed E-state index contributed by atoms with van der Waals surface area (Å²) in [4.78, 5) is 4.78. The average Bonchev–Trinajstić information content (AvgIpc) is 2.83. The van der Waals surface area contributed by atoms with Crippen molar-refractivity contribution in [2.24, 2.45) is 0 Å². The summed E-state index contributed by atoms with van der Waals surface area (Å²) in [5, 5.41) is 0. The van der Waals surface area contributed by atoms with Crippen LogP contribution in [0.3, 0.4) is 0 Å². The van der Waals surface area contributed by atoms with E-state index >= 15 is 0 Å². The topological polar surface area (TPSA) is 43.4 Å². The lowest BCUT2D eigenvalue weighted by Gasteiger charge is -2.26. The third-order valence-corrected chi connectivity index (χ3v) is 5.84. The minimum Gasteiger partial charge on any atom is -0.492 e. The van der Waals surface area contributed by atoms with Crippen molar-refractivity contribution >= 4 is 0 Å². The second kappa shape index (κ2) is 12.1. The summed E-state index contributed by atoms with van der Waals surface area (Å²) in [5.41, 5.74) is 2.47. The van der Waals surface area contributed by atoms with Gasteiger partial charge in [0.25, 0.3) is 0 Å². The predicted molar refractivity (Wildman–Crippen MR) is 121 cm³/mol. The van der Waals surface area contributed by atoms with Gasteiger partial charge in [0.15, 0.2) is 0 Å². The third-order valence-electron chi connectivity index (χ3n) is 5.84. The molecule has 2 aromatic rings. The highest BCUT2D eigenvalue weighted by Crippen LogP contribution is 2.23. The molecule has 0 atom stereocenters. The van der Waals surface area contributed by atoms with Crippen molar-refractivity contribution < 1.29 is 18.9 Å². The Hall–Kier alpha value is -2.12. The molecule has 2 aliphatic heterocycles. The van der Waals surface area contributed by atoms with Crippen LogP contribution in [0.2, 0.25) is 0 Å². The zero-order valence-electron chi connectivity index (χ0n) is 18.3. The van der Waals surface area contributed by atoms with E-state index in [9.17, 15) is 0 Å². The Morgan fingerprint density at radius 1 is 0.677 bits per heavy atom. The number of hydrogen-bond acceptors (Lipinski definition) is 6. The molecule has 4 rings (SSSR count). The molecule has 0 saturated carbocycles. The van der Waals surface area contributed by atoms with Gasteiger partial charge in [-0.1, -0.05) is 30.3 Å². The molecule has 0 spiro atoms. The van der Waals surface area contributed by atoms with E-state index < -0.39 is 0 Å². The Kier molecular flexibility index (Phi) is 8.59. The van der Waals surface area contributed by atoms with Crippen molar-refractivity contribution in [2.75, 3.05) is 78.9 Å². The number of nitrogens with zero attached hydrogens (tertiary/aromatic N) is 2. The lowest BCUT2D eigenvalue weighted by Crippen LogP contribution is -2.38. The summed E-state index contributed by atoms with van der Waals surface area (Å²) in [6.07, 6.45) is 0.849. The lowest BCUT2D eigenvalue weighted by molar-refractivity contribution is 0.0321. The maximum Gasteiger partial charge on any atom is 0.122 e. The third kappa shape index (κ3) is 7.21. The Morgan fingerprint density at radius 3 is 1.90 bits per heavy atom. The van der Waals surface area contributed by atoms with Crippen LogP contribution in [0.15, 0.2) is 48.5 Å². The highest BCUT2D eigenvalue weighted by Gasteiger charge is 2.12. The van der Waals surface area contributed by atoms with Crippen molar-refractivity contribution in [2.45, 2.75) is 6.42 Å². The molecule has 2 fully saturated rings. The second-order valence-electron chi connectivity index (χ2n) is 8.03. The first-order valence-corrected chi connectivity index (χ1v) is 11.4. The standard InChI is InChI=1S/C25H34N2O4/c1-2-4-25(31-20-14-27-11-17-29-18-12-27)23(3-1)21-22-5-7-24(8-6-22)30-19-13-26-9-15-28-16-10-26/h1-8H,9-21H2. The van der Waals surface area contributed by atoms with Crippen molar-refractivity contribution in [1.29, 1.82) is 0 Å². The average molecular weight is 427 g/mol. The maximum absolute atomic E-state index is 6.13. The van der Waals surface area contributed by atoms with Crippen LogP contribution in [0, 0.1) is 0 Å². The fourth-order valence-corrected chi connectivity index (χ4v) is 3.94. The molecule has 0 radical (unpaired) electrons. The van der Waals surface area contributed by atoms with Gasteiger partial charge in [0.1, 0.15) is 24.7 Å². The van der Waals surface area contributed by atoms with Crippen LogP contribution in [0.1, 0.15) is 11.1 Å². The van der Waals surface area contributed by atoms with Gasteiger partial charge in [-0.2, -0.15) is 0 Å². The van der Waals surface area contributed by atoms with Gasteiger partial charge in [-0.05, 0) is 29.3 Å². The summed E-state index contributed by atoms with van der Waals surface area (Å²) in [5.74, 6) is 1.90. The molecule has 0 amide bonds. The van der Waals surface area contributed by atoms with Crippen molar-refractivity contribution in [3.8, 4) is 11.5 Å². The van der Waals surface area contributed by atoms with Crippen LogP contribution in [0.25, 0.3) is 0 Å². The summed E-state index contributed by atoms with van der Waals surface area (Å²) in [7, 11) is 0. The van der Waals surface area contributed by atoms with E-state index in [1.165, 1.54) is 11.1 Å². The van der Waals surface area contributed by atoms with Crippen LogP contribution in [-0.4, -0.2) is 88.7 Å². The van der Waals surface area contributed by atoms with E-state index in [0.717, 1.165) is 83.6 Å². The maximum atomic E-state index is 6.13. The van der Waals surface area contributed by atoms with Crippen molar-refractivity contribution in [3.05, 3.63) is 59.7 Å². The molecule has 31 heavy (non-hydrogen) atoms. The number of hydrogen-bond donors (Lipinski definition) is 0. The fraction of sp³-hybridized carbons (Fsp3) is 0.520. The summed E-state index contributed by atoms with van der Waals surface area (Å²) in [6.45, 7) is 10.6. The zero-order valence-corrected chi connectivity index (χ0v) is 18.3. The van der Waals surface area contributed by atoms with Crippen LogP contribution in [0.4, 0.5) is 0 Å². The lowest BCUT2D eigenvalue weighted by atomic mass is 10.0. The number of morpholine rings is 2. The Morgan fingerprint density at radius 2 is 1.26 bits per heavy atom. The first kappa shape index (κ1) is 22.1. The molecule has 2 saturated heterocycles. The molecular weight excluding hydrogens is 392 g/mol. The smallest absolute Gasteiger partial charge is 0.122 e. The molecule has 2 aliphatic rings. The van der Waals surface area contributed by atoms with Crippen LogP contribution < -0.4 is 9.47 Å². The highest BCUT2D eigenvalue weighted by molar-refractivity contribution is 5.38. The Labute approximate surface area is 185 Å². The molecule has 0 aromatic heterocycles. The number of benzene rings is 2. The second-order valence-corrected chi connectivity index (χ2v) is 8.03. The molecule has 0 unspecified atom stereocenters. The molecule has 6 heteroatoms. The monoisotopic (exact) mass is 426 g/mol. The first-order valence-electron chi connectivity index (χ1n) is 11.4. The molecule has 168 valence electrons. The summed E-state index contributed by atoms with van der Waals surface area (Å²) >= 11 is 0. The highest BCUT2D eigenvalue weighted by atomic mass is 16.5. The Balaban J connectivity index is 1.23. The molecule has 0 N–H and O–H groups in total. The van der Waals surface area contributed by atoms with Crippen molar-refractivity contribution in [3.63, 3.8) is 0 Å². The summed E-state index contributed by atoms with van der Waals surface area (Å²) < 4.78 is 22.8. The summed E-state index contributed by atoms with van der Waals surface area (Å²) in [6, 6.07) is 16.8. The molecule has 0 bridgehead atoms. The van der Waals surface area contributed by atoms with Crippen LogP contribution in [0.5, 0.6) is 11.5 Å². The van der Waals surface area contributed by atoms with Gasteiger partial charge in [-0.15, -0.1) is 0 Å². The molecular formula is C25H34N2O4. The Bertz CT molecular complexity index is 771. The van der Waals surface area contributed by atoms with Gasteiger partial charge in [-0.3, -0.25) is 9.80 Å². The SMILES string of the molecule is c1ccc(OCCN2CCOCC2)c(Cc2ccc(OCCN3CCOCC3)cc2)c1. The fourth-order valence-electron chi connectivity index (χ4n) is 3.94. The largest absolute Gasteiger partial charge is 0.492 e.